The molecule has 1 N–H and O–H groups in total. The van der Waals surface area contributed by atoms with E-state index >= 15 is 0 Å². The van der Waals surface area contributed by atoms with Gasteiger partial charge in [0.15, 0.2) is 0 Å². The molecule has 16 heavy (non-hydrogen) atoms. The Hall–Kier alpha value is -0.0600. The zero-order chi connectivity index (χ0) is 11.0. The summed E-state index contributed by atoms with van der Waals surface area (Å²) < 4.78 is 0. The molecule has 0 aromatic carbocycles. The summed E-state index contributed by atoms with van der Waals surface area (Å²) in [5, 5.41) is 11.8. The normalized spacial score (nSPS) is 30.1. The molecule has 2 unspecified atom stereocenters. The van der Waals surface area contributed by atoms with Crippen LogP contribution >= 0.6 is 23.1 Å². The number of aliphatic hydroxyl groups is 1. The largest absolute Gasteiger partial charge is 0.388 e. The smallest absolute Gasteiger partial charge is 0.106 e. The van der Waals surface area contributed by atoms with Gasteiger partial charge in [0.1, 0.15) is 5.01 Å². The lowest BCUT2D eigenvalue weighted by atomic mass is 10.0. The maximum absolute atomic E-state index is 9.94. The topological polar surface area (TPSA) is 33.1 Å². The molecule has 3 rings (SSSR count). The molecule has 2 atom stereocenters. The Labute approximate surface area is 104 Å². The van der Waals surface area contributed by atoms with Crippen LogP contribution in [0.25, 0.3) is 0 Å². The van der Waals surface area contributed by atoms with Gasteiger partial charge < -0.3 is 5.11 Å². The number of hydrogen-bond acceptors (Lipinski definition) is 4. The highest BCUT2D eigenvalue weighted by molar-refractivity contribution is 7.99. The first-order chi connectivity index (χ1) is 7.84. The fourth-order valence-corrected chi connectivity index (χ4v) is 5.17. The zero-order valence-electron chi connectivity index (χ0n) is 9.32. The number of aryl methyl sites for hydroxylation is 1. The second-order valence-corrected chi connectivity index (χ2v) is 7.00. The Morgan fingerprint density at radius 1 is 1.19 bits per heavy atom. The van der Waals surface area contributed by atoms with E-state index < -0.39 is 0 Å². The SMILES string of the molecule is OC1CCCc2nc(C3CCCCS3)sc21. The fraction of sp³-hybridized carbons (Fsp3) is 0.750. The van der Waals surface area contributed by atoms with Gasteiger partial charge in [-0.3, -0.25) is 0 Å². The predicted octanol–water partition coefficient (Wildman–Crippen LogP) is 3.47. The van der Waals surface area contributed by atoms with Crippen LogP contribution < -0.4 is 0 Å². The van der Waals surface area contributed by atoms with Crippen LogP contribution in [0.4, 0.5) is 0 Å². The lowest BCUT2D eigenvalue weighted by Crippen LogP contribution is -2.06. The second-order valence-electron chi connectivity index (χ2n) is 4.63. The second kappa shape index (κ2) is 4.67. The minimum absolute atomic E-state index is 0.233. The minimum Gasteiger partial charge on any atom is -0.388 e. The van der Waals surface area contributed by atoms with Crippen molar-refractivity contribution in [2.75, 3.05) is 5.75 Å². The van der Waals surface area contributed by atoms with Crippen molar-refractivity contribution >= 4 is 23.1 Å². The van der Waals surface area contributed by atoms with Crippen LogP contribution in [0, 0.1) is 0 Å². The molecule has 1 saturated heterocycles. The first-order valence-corrected chi connectivity index (χ1v) is 8.00. The zero-order valence-corrected chi connectivity index (χ0v) is 10.9. The van der Waals surface area contributed by atoms with E-state index in [2.05, 4.69) is 0 Å². The molecule has 0 amide bonds. The number of fused-ring (bicyclic) bond motifs is 1. The Morgan fingerprint density at radius 3 is 2.88 bits per heavy atom. The highest BCUT2D eigenvalue weighted by Crippen LogP contribution is 2.43. The van der Waals surface area contributed by atoms with Gasteiger partial charge in [-0.2, -0.15) is 11.8 Å². The van der Waals surface area contributed by atoms with Gasteiger partial charge >= 0.3 is 0 Å². The van der Waals surface area contributed by atoms with Crippen molar-refractivity contribution in [2.45, 2.75) is 49.9 Å². The predicted molar refractivity (Wildman–Crippen MR) is 69.1 cm³/mol. The molecule has 1 fully saturated rings. The van der Waals surface area contributed by atoms with Crippen molar-refractivity contribution in [2.24, 2.45) is 0 Å². The highest BCUT2D eigenvalue weighted by Gasteiger charge is 2.26. The van der Waals surface area contributed by atoms with E-state index in [0.29, 0.717) is 5.25 Å². The molecule has 0 saturated carbocycles. The van der Waals surface area contributed by atoms with Crippen molar-refractivity contribution in [3.8, 4) is 0 Å². The summed E-state index contributed by atoms with van der Waals surface area (Å²) in [6.45, 7) is 0. The quantitative estimate of drug-likeness (QED) is 0.834. The number of thiazole rings is 1. The molecule has 4 heteroatoms. The van der Waals surface area contributed by atoms with Crippen molar-refractivity contribution in [3.63, 3.8) is 0 Å². The van der Waals surface area contributed by atoms with Crippen LogP contribution in [-0.4, -0.2) is 15.8 Å². The van der Waals surface area contributed by atoms with E-state index in [1.807, 2.05) is 11.8 Å². The highest BCUT2D eigenvalue weighted by atomic mass is 32.2. The van der Waals surface area contributed by atoms with Gasteiger partial charge in [-0.25, -0.2) is 4.98 Å². The fourth-order valence-electron chi connectivity index (χ4n) is 2.49. The van der Waals surface area contributed by atoms with Gasteiger partial charge in [-0.1, -0.05) is 6.42 Å². The van der Waals surface area contributed by atoms with Gasteiger partial charge in [-0.05, 0) is 37.9 Å². The summed E-state index contributed by atoms with van der Waals surface area (Å²) in [6, 6.07) is 0. The Kier molecular flexibility index (Phi) is 3.22. The van der Waals surface area contributed by atoms with E-state index in [-0.39, 0.29) is 6.10 Å². The monoisotopic (exact) mass is 255 g/mol. The lowest BCUT2D eigenvalue weighted by molar-refractivity contribution is 0.160. The molecular formula is C12H17NOS2. The van der Waals surface area contributed by atoms with E-state index in [9.17, 15) is 5.11 Å². The van der Waals surface area contributed by atoms with E-state index in [0.717, 1.165) is 24.1 Å². The average molecular weight is 255 g/mol. The number of rotatable bonds is 1. The first kappa shape index (κ1) is 11.1. The number of nitrogens with zero attached hydrogens (tertiary/aromatic N) is 1. The summed E-state index contributed by atoms with van der Waals surface area (Å²) in [7, 11) is 0. The van der Waals surface area contributed by atoms with Crippen molar-refractivity contribution in [1.29, 1.82) is 0 Å². The van der Waals surface area contributed by atoms with E-state index in [1.165, 1.54) is 35.7 Å². The number of aromatic nitrogens is 1. The summed E-state index contributed by atoms with van der Waals surface area (Å²) in [5.74, 6) is 1.28. The Balaban J connectivity index is 1.85. The van der Waals surface area contributed by atoms with Crippen LogP contribution in [0.1, 0.15) is 59.0 Å². The third-order valence-corrected chi connectivity index (χ3v) is 6.24. The van der Waals surface area contributed by atoms with Crippen LogP contribution in [0.2, 0.25) is 0 Å². The molecule has 0 spiro atoms. The third kappa shape index (κ3) is 2.03. The standard InChI is InChI=1S/C12H17NOS2/c14-9-5-3-4-8-11(9)16-12(13-8)10-6-1-2-7-15-10/h9-10,14H,1-7H2. The van der Waals surface area contributed by atoms with Crippen LogP contribution in [0.15, 0.2) is 0 Å². The third-order valence-electron chi connectivity index (χ3n) is 3.39. The number of hydrogen-bond donors (Lipinski definition) is 1. The van der Waals surface area contributed by atoms with Gasteiger partial charge in [0.2, 0.25) is 0 Å². The van der Waals surface area contributed by atoms with Crippen molar-refractivity contribution in [3.05, 3.63) is 15.6 Å². The maximum Gasteiger partial charge on any atom is 0.106 e. The molecule has 0 radical (unpaired) electrons. The Morgan fingerprint density at radius 2 is 2.12 bits per heavy atom. The molecule has 2 aliphatic rings. The van der Waals surface area contributed by atoms with Crippen molar-refractivity contribution in [1.82, 2.24) is 4.98 Å². The molecular weight excluding hydrogens is 238 g/mol. The molecule has 1 aliphatic carbocycles. The van der Waals surface area contributed by atoms with Gasteiger partial charge in [0, 0.05) is 0 Å². The molecule has 1 aliphatic heterocycles. The first-order valence-electron chi connectivity index (χ1n) is 6.14. The lowest BCUT2D eigenvalue weighted by Gasteiger charge is -2.18. The summed E-state index contributed by atoms with van der Waals surface area (Å²) in [5.41, 5.74) is 1.19. The van der Waals surface area contributed by atoms with Gasteiger partial charge in [0.25, 0.3) is 0 Å². The van der Waals surface area contributed by atoms with E-state index in [4.69, 9.17) is 4.98 Å². The number of thioether (sulfide) groups is 1. The van der Waals surface area contributed by atoms with Gasteiger partial charge in [0.05, 0.1) is 21.9 Å². The van der Waals surface area contributed by atoms with Gasteiger partial charge in [-0.15, -0.1) is 11.3 Å². The van der Waals surface area contributed by atoms with Crippen molar-refractivity contribution < 1.29 is 5.11 Å². The summed E-state index contributed by atoms with van der Waals surface area (Å²) in [4.78, 5) is 5.92. The molecule has 0 bridgehead atoms. The molecule has 2 nitrogen and oxygen atoms in total. The average Bonchev–Trinajstić information content (AvgIpc) is 2.76. The molecule has 2 heterocycles. The summed E-state index contributed by atoms with van der Waals surface area (Å²) in [6.07, 6.45) is 6.82. The van der Waals surface area contributed by atoms with Crippen LogP contribution in [-0.2, 0) is 6.42 Å². The van der Waals surface area contributed by atoms with Crippen LogP contribution in [0.3, 0.4) is 0 Å². The molecule has 1 aromatic heterocycles. The maximum atomic E-state index is 9.94. The minimum atomic E-state index is -0.233. The Bertz CT molecular complexity index is 371. The molecule has 1 aromatic rings. The number of aliphatic hydroxyl groups excluding tert-OH is 1. The summed E-state index contributed by atoms with van der Waals surface area (Å²) >= 11 is 3.82. The molecule has 88 valence electrons. The van der Waals surface area contributed by atoms with Crippen LogP contribution in [0.5, 0.6) is 0 Å². The van der Waals surface area contributed by atoms with E-state index in [1.54, 1.807) is 11.3 Å².